The predicted octanol–water partition coefficient (Wildman–Crippen LogP) is 2.86. The van der Waals surface area contributed by atoms with Crippen LogP contribution in [-0.2, 0) is 0 Å². The monoisotopic (exact) mass is 268 g/mol. The molecule has 0 aliphatic rings. The highest BCUT2D eigenvalue weighted by atomic mass is 16.6. The maximum Gasteiger partial charge on any atom is 0.270 e. The van der Waals surface area contributed by atoms with Crippen LogP contribution in [0.25, 0.3) is 12.2 Å². The van der Waals surface area contributed by atoms with Crippen molar-refractivity contribution < 1.29 is 9.72 Å². The first-order valence-corrected chi connectivity index (χ1v) is 5.88. The Balaban J connectivity index is 2.18. The molecule has 0 atom stereocenters. The minimum atomic E-state index is -0.473. The molecule has 0 bridgehead atoms. The molecule has 2 N–H and O–H groups in total. The van der Waals surface area contributed by atoms with Crippen LogP contribution in [0.3, 0.4) is 0 Å². The predicted molar refractivity (Wildman–Crippen MR) is 77.0 cm³/mol. The second kappa shape index (κ2) is 5.79. The van der Waals surface area contributed by atoms with E-state index in [1.807, 2.05) is 6.08 Å². The van der Waals surface area contributed by atoms with E-state index < -0.39 is 10.8 Å². The molecular weight excluding hydrogens is 256 g/mol. The van der Waals surface area contributed by atoms with Crippen LogP contribution >= 0.6 is 0 Å². The molecule has 0 fully saturated rings. The van der Waals surface area contributed by atoms with Gasteiger partial charge in [0.05, 0.1) is 4.92 Å². The largest absolute Gasteiger partial charge is 0.366 e. The Bertz CT molecular complexity index is 676. The second-order valence-electron chi connectivity index (χ2n) is 4.17. The zero-order chi connectivity index (χ0) is 14.5. The van der Waals surface area contributed by atoms with Crippen molar-refractivity contribution in [1.82, 2.24) is 0 Å². The Morgan fingerprint density at radius 1 is 1.05 bits per heavy atom. The number of hydrogen-bond donors (Lipinski definition) is 1. The number of carbonyl (C=O) groups excluding carboxylic acids is 1. The van der Waals surface area contributed by atoms with E-state index in [1.165, 1.54) is 12.1 Å². The molecule has 20 heavy (non-hydrogen) atoms. The summed E-state index contributed by atoms with van der Waals surface area (Å²) in [5, 5.41) is 10.7. The third kappa shape index (κ3) is 3.29. The van der Waals surface area contributed by atoms with Gasteiger partial charge in [-0.05, 0) is 23.3 Å². The van der Waals surface area contributed by atoms with Gasteiger partial charge < -0.3 is 5.73 Å². The number of carbonyl (C=O) groups is 1. The normalized spacial score (nSPS) is 10.6. The van der Waals surface area contributed by atoms with Crippen LogP contribution in [0.2, 0.25) is 0 Å². The molecule has 0 aromatic heterocycles. The molecule has 0 unspecified atom stereocenters. The zero-order valence-electron chi connectivity index (χ0n) is 10.5. The lowest BCUT2D eigenvalue weighted by molar-refractivity contribution is -0.384. The van der Waals surface area contributed by atoms with E-state index in [4.69, 9.17) is 5.73 Å². The van der Waals surface area contributed by atoms with Gasteiger partial charge in [0.1, 0.15) is 0 Å². The average molecular weight is 268 g/mol. The summed E-state index contributed by atoms with van der Waals surface area (Å²) < 4.78 is 0. The van der Waals surface area contributed by atoms with Crippen molar-refractivity contribution in [2.75, 3.05) is 0 Å². The van der Waals surface area contributed by atoms with Gasteiger partial charge in [-0.2, -0.15) is 0 Å². The minimum absolute atomic E-state index is 0.0521. The number of hydrogen-bond acceptors (Lipinski definition) is 3. The molecule has 100 valence electrons. The van der Waals surface area contributed by atoms with Crippen LogP contribution in [-0.4, -0.2) is 10.8 Å². The van der Waals surface area contributed by atoms with Crippen molar-refractivity contribution in [3.63, 3.8) is 0 Å². The minimum Gasteiger partial charge on any atom is -0.366 e. The number of rotatable bonds is 4. The molecule has 0 saturated heterocycles. The van der Waals surface area contributed by atoms with Crippen LogP contribution < -0.4 is 5.73 Å². The van der Waals surface area contributed by atoms with Gasteiger partial charge in [-0.1, -0.05) is 36.4 Å². The Morgan fingerprint density at radius 3 is 2.30 bits per heavy atom. The topological polar surface area (TPSA) is 86.2 Å². The summed E-state index contributed by atoms with van der Waals surface area (Å²) in [6.07, 6.45) is 3.58. The van der Waals surface area contributed by atoms with E-state index in [0.717, 1.165) is 11.1 Å². The van der Waals surface area contributed by atoms with Crippen LogP contribution in [0.5, 0.6) is 0 Å². The van der Waals surface area contributed by atoms with Crippen molar-refractivity contribution in [2.45, 2.75) is 0 Å². The lowest BCUT2D eigenvalue weighted by Gasteiger charge is -1.97. The molecule has 0 heterocycles. The Kier molecular flexibility index (Phi) is 3.91. The SMILES string of the molecule is NC(=O)c1ccc(/C=C/c2cccc([N+](=O)[O-])c2)cc1. The quantitative estimate of drug-likeness (QED) is 0.525. The highest BCUT2D eigenvalue weighted by Gasteiger charge is 2.03. The molecule has 2 aromatic rings. The van der Waals surface area contributed by atoms with Gasteiger partial charge in [-0.25, -0.2) is 0 Å². The molecule has 1 amide bonds. The smallest absolute Gasteiger partial charge is 0.270 e. The first kappa shape index (κ1) is 13.5. The number of nitro groups is 1. The highest BCUT2D eigenvalue weighted by Crippen LogP contribution is 2.15. The maximum absolute atomic E-state index is 10.9. The number of primary amides is 1. The van der Waals surface area contributed by atoms with E-state index in [0.29, 0.717) is 5.56 Å². The van der Waals surface area contributed by atoms with Gasteiger partial charge in [0, 0.05) is 17.7 Å². The fourth-order valence-corrected chi connectivity index (χ4v) is 1.69. The lowest BCUT2D eigenvalue weighted by Crippen LogP contribution is -2.10. The van der Waals surface area contributed by atoms with Crippen LogP contribution in [0.4, 0.5) is 5.69 Å². The fourth-order valence-electron chi connectivity index (χ4n) is 1.69. The molecule has 0 aliphatic heterocycles. The van der Waals surface area contributed by atoms with Crippen molar-refractivity contribution in [1.29, 1.82) is 0 Å². The van der Waals surface area contributed by atoms with Crippen molar-refractivity contribution >= 4 is 23.7 Å². The average Bonchev–Trinajstić information content (AvgIpc) is 2.46. The summed E-state index contributed by atoms with van der Waals surface area (Å²) in [7, 11) is 0. The number of nitrogens with zero attached hydrogens (tertiary/aromatic N) is 1. The third-order valence-corrected chi connectivity index (χ3v) is 2.74. The first-order valence-electron chi connectivity index (χ1n) is 5.88. The standard InChI is InChI=1S/C15H12N2O3/c16-15(18)13-8-6-11(7-9-13)4-5-12-2-1-3-14(10-12)17(19)20/h1-10H,(H2,16,18)/b5-4+. The van der Waals surface area contributed by atoms with Crippen molar-refractivity contribution in [3.8, 4) is 0 Å². The van der Waals surface area contributed by atoms with Gasteiger partial charge in [-0.3, -0.25) is 14.9 Å². The molecule has 5 heteroatoms. The maximum atomic E-state index is 10.9. The van der Waals surface area contributed by atoms with Gasteiger partial charge in [0.2, 0.25) is 5.91 Å². The van der Waals surface area contributed by atoms with E-state index in [-0.39, 0.29) is 5.69 Å². The number of nitro benzene ring substituents is 1. The van der Waals surface area contributed by atoms with E-state index >= 15 is 0 Å². The van der Waals surface area contributed by atoms with E-state index in [2.05, 4.69) is 0 Å². The lowest BCUT2D eigenvalue weighted by atomic mass is 10.1. The number of amides is 1. The van der Waals surface area contributed by atoms with Crippen LogP contribution in [0.15, 0.2) is 48.5 Å². The molecule has 2 aromatic carbocycles. The number of nitrogens with two attached hydrogens (primary N) is 1. The van der Waals surface area contributed by atoms with Gasteiger partial charge in [0.15, 0.2) is 0 Å². The summed E-state index contributed by atoms with van der Waals surface area (Å²) >= 11 is 0. The second-order valence-corrected chi connectivity index (χ2v) is 4.17. The third-order valence-electron chi connectivity index (χ3n) is 2.74. The van der Waals surface area contributed by atoms with E-state index in [9.17, 15) is 14.9 Å². The summed E-state index contributed by atoms with van der Waals surface area (Å²) in [5.41, 5.74) is 7.26. The van der Waals surface area contributed by atoms with Gasteiger partial charge in [-0.15, -0.1) is 0 Å². The van der Waals surface area contributed by atoms with Crippen molar-refractivity contribution in [3.05, 3.63) is 75.3 Å². The highest BCUT2D eigenvalue weighted by molar-refractivity contribution is 5.93. The van der Waals surface area contributed by atoms with E-state index in [1.54, 1.807) is 42.5 Å². The fraction of sp³-hybridized carbons (Fsp3) is 0. The molecule has 0 saturated carbocycles. The molecule has 0 spiro atoms. The number of benzene rings is 2. The summed E-state index contributed by atoms with van der Waals surface area (Å²) in [5.74, 6) is -0.473. The Morgan fingerprint density at radius 2 is 1.70 bits per heavy atom. The van der Waals surface area contributed by atoms with Gasteiger partial charge in [0.25, 0.3) is 5.69 Å². The molecule has 2 rings (SSSR count). The summed E-state index contributed by atoms with van der Waals surface area (Å²) in [6.45, 7) is 0. The van der Waals surface area contributed by atoms with Gasteiger partial charge >= 0.3 is 0 Å². The molecule has 0 aliphatic carbocycles. The van der Waals surface area contributed by atoms with Crippen LogP contribution in [0.1, 0.15) is 21.5 Å². The van der Waals surface area contributed by atoms with Crippen LogP contribution in [0, 0.1) is 10.1 Å². The molecule has 5 nitrogen and oxygen atoms in total. The molecular formula is C15H12N2O3. The molecule has 0 radical (unpaired) electrons. The zero-order valence-corrected chi connectivity index (χ0v) is 10.5. The Labute approximate surface area is 115 Å². The van der Waals surface area contributed by atoms with Crippen molar-refractivity contribution in [2.24, 2.45) is 5.73 Å². The summed E-state index contributed by atoms with van der Waals surface area (Å²) in [6, 6.07) is 13.1. The summed E-state index contributed by atoms with van der Waals surface area (Å²) in [4.78, 5) is 21.2. The number of non-ortho nitro benzene ring substituents is 1. The first-order chi connectivity index (χ1) is 9.56. The Hall–Kier alpha value is -2.95.